The standard InChI is InChI=1S/C22H35N2O2S/c1-14(2)17-9-12-22(5,26-17)16-7-10-20(3,24-13-27)15-8-11-21(4,25)19(23-6)18(15)16/h15-19,25H,1,7-12H2,2-6H3/q-1. The summed E-state index contributed by atoms with van der Waals surface area (Å²) in [4.78, 5) is 4.63. The lowest BCUT2D eigenvalue weighted by Gasteiger charge is -2.63. The van der Waals surface area contributed by atoms with Crippen molar-refractivity contribution in [3.05, 3.63) is 17.5 Å². The highest BCUT2D eigenvalue weighted by molar-refractivity contribution is 7.78. The Morgan fingerprint density at radius 3 is 2.41 bits per heavy atom. The van der Waals surface area contributed by atoms with Gasteiger partial charge in [-0.05, 0) is 96.2 Å². The zero-order valence-corrected chi connectivity index (χ0v) is 18.3. The minimum atomic E-state index is -0.781. The molecule has 2 saturated carbocycles. The van der Waals surface area contributed by atoms with Gasteiger partial charge in [-0.1, -0.05) is 12.2 Å². The number of ether oxygens (including phenoxy) is 1. The number of likely N-dealkylation sites (N-methyl/N-ethyl adjacent to an activating group) is 1. The Hall–Kier alpha value is -0.580. The summed E-state index contributed by atoms with van der Waals surface area (Å²) in [6, 6.07) is -0.106. The van der Waals surface area contributed by atoms with Crippen LogP contribution in [-0.4, -0.2) is 46.2 Å². The fourth-order valence-corrected chi connectivity index (χ4v) is 6.57. The van der Waals surface area contributed by atoms with E-state index < -0.39 is 5.60 Å². The van der Waals surface area contributed by atoms with Crippen LogP contribution in [0.4, 0.5) is 0 Å². The van der Waals surface area contributed by atoms with Gasteiger partial charge in [0.25, 0.3) is 0 Å². The van der Waals surface area contributed by atoms with Crippen LogP contribution in [0.15, 0.2) is 17.1 Å². The molecule has 2 aliphatic carbocycles. The summed E-state index contributed by atoms with van der Waals surface area (Å²) in [5.74, 6) is 0.920. The fraction of sp³-hybridized carbons (Fsp3) is 0.864. The average Bonchev–Trinajstić information content (AvgIpc) is 2.98. The van der Waals surface area contributed by atoms with E-state index in [9.17, 15) is 5.11 Å². The van der Waals surface area contributed by atoms with Crippen molar-refractivity contribution >= 4 is 17.4 Å². The number of fused-ring (bicyclic) bond motifs is 1. The Morgan fingerprint density at radius 2 is 1.85 bits per heavy atom. The van der Waals surface area contributed by atoms with Gasteiger partial charge in [-0.15, -0.1) is 6.04 Å². The van der Waals surface area contributed by atoms with E-state index in [2.05, 4.69) is 37.5 Å². The van der Waals surface area contributed by atoms with Crippen molar-refractivity contribution in [3.63, 3.8) is 0 Å². The highest BCUT2D eigenvalue weighted by Gasteiger charge is 2.58. The molecule has 3 rings (SSSR count). The van der Waals surface area contributed by atoms with Crippen LogP contribution >= 0.6 is 12.2 Å². The van der Waals surface area contributed by atoms with Crippen molar-refractivity contribution in [2.75, 3.05) is 7.05 Å². The summed E-state index contributed by atoms with van der Waals surface area (Å²) >= 11 is 4.98. The predicted octanol–water partition coefficient (Wildman–Crippen LogP) is 4.92. The summed E-state index contributed by atoms with van der Waals surface area (Å²) in [6.45, 7) is 12.6. The number of aliphatic hydroxyl groups is 1. The van der Waals surface area contributed by atoms with Crippen LogP contribution in [0, 0.1) is 17.8 Å². The maximum Gasteiger partial charge on any atom is 0.0788 e. The molecule has 1 saturated heterocycles. The van der Waals surface area contributed by atoms with E-state index in [0.29, 0.717) is 11.8 Å². The van der Waals surface area contributed by atoms with Crippen molar-refractivity contribution in [2.24, 2.45) is 22.7 Å². The van der Waals surface area contributed by atoms with Gasteiger partial charge >= 0.3 is 0 Å². The number of hydrogen-bond donors (Lipinski definition) is 1. The Kier molecular flexibility index (Phi) is 5.75. The van der Waals surface area contributed by atoms with Crippen LogP contribution < -0.4 is 0 Å². The van der Waals surface area contributed by atoms with Gasteiger partial charge in [0, 0.05) is 5.60 Å². The quantitative estimate of drug-likeness (QED) is 0.420. The molecule has 3 aliphatic rings. The number of aliphatic imine (C=N–C) groups is 1. The molecule has 0 aromatic heterocycles. The van der Waals surface area contributed by atoms with Crippen molar-refractivity contribution in [2.45, 2.75) is 95.1 Å². The molecule has 0 aromatic carbocycles. The Balaban J connectivity index is 2.00. The molecule has 1 aliphatic heterocycles. The third-order valence-electron chi connectivity index (χ3n) is 7.88. The molecule has 5 heteroatoms. The Morgan fingerprint density at radius 1 is 1.19 bits per heavy atom. The van der Waals surface area contributed by atoms with Gasteiger partial charge in [-0.25, -0.2) is 4.99 Å². The summed E-state index contributed by atoms with van der Waals surface area (Å²) in [6.07, 6.45) is 5.89. The van der Waals surface area contributed by atoms with E-state index in [-0.39, 0.29) is 29.2 Å². The lowest BCUT2D eigenvalue weighted by Crippen LogP contribution is -2.62. The molecular weight excluding hydrogens is 356 g/mol. The molecule has 0 amide bonds. The second kappa shape index (κ2) is 7.35. The van der Waals surface area contributed by atoms with E-state index in [1.807, 2.05) is 14.0 Å². The Bertz CT molecular complexity index is 644. The van der Waals surface area contributed by atoms with Crippen LogP contribution in [0.2, 0.25) is 0 Å². The minimum absolute atomic E-state index is 0.106. The smallest absolute Gasteiger partial charge is 0.0788 e. The monoisotopic (exact) mass is 391 g/mol. The molecule has 0 spiro atoms. The van der Waals surface area contributed by atoms with Gasteiger partial charge in [0.2, 0.25) is 0 Å². The first kappa shape index (κ1) is 21.1. The van der Waals surface area contributed by atoms with Crippen molar-refractivity contribution in [1.29, 1.82) is 0 Å². The first-order chi connectivity index (χ1) is 12.6. The minimum Gasteiger partial charge on any atom is -0.660 e. The molecule has 4 nitrogen and oxygen atoms in total. The number of nitrogens with zero attached hydrogens (tertiary/aromatic N) is 2. The SMILES string of the molecule is C=C(C)C1CCC(C)(C2CCC(C)(N=C=S)C3CCC(C)(O)C([N-]C)C32)O1. The van der Waals surface area contributed by atoms with Crippen LogP contribution in [0.5, 0.6) is 0 Å². The highest BCUT2D eigenvalue weighted by Crippen LogP contribution is 2.58. The second-order valence-electron chi connectivity index (χ2n) is 9.79. The summed E-state index contributed by atoms with van der Waals surface area (Å²) in [5.41, 5.74) is -0.0960. The van der Waals surface area contributed by atoms with E-state index in [1.54, 1.807) is 0 Å². The maximum absolute atomic E-state index is 11.1. The lowest BCUT2D eigenvalue weighted by atomic mass is 9.51. The molecule has 0 radical (unpaired) electrons. The summed E-state index contributed by atoms with van der Waals surface area (Å²) < 4.78 is 6.60. The van der Waals surface area contributed by atoms with Gasteiger partial charge < -0.3 is 15.2 Å². The molecule has 0 aromatic rings. The average molecular weight is 392 g/mol. The highest BCUT2D eigenvalue weighted by atomic mass is 32.1. The molecule has 1 heterocycles. The number of hydrogen-bond acceptors (Lipinski definition) is 4. The molecule has 1 N–H and O–H groups in total. The van der Waals surface area contributed by atoms with E-state index in [0.717, 1.165) is 44.1 Å². The molecule has 27 heavy (non-hydrogen) atoms. The van der Waals surface area contributed by atoms with Gasteiger partial charge in [0.15, 0.2) is 0 Å². The molecule has 8 atom stereocenters. The second-order valence-corrected chi connectivity index (χ2v) is 9.97. The zero-order valence-electron chi connectivity index (χ0n) is 17.5. The molecular formula is C22H35N2O2S-. The molecule has 3 fully saturated rings. The molecule has 0 bridgehead atoms. The first-order valence-electron chi connectivity index (χ1n) is 10.3. The fourth-order valence-electron chi connectivity index (χ4n) is 6.36. The van der Waals surface area contributed by atoms with Crippen molar-refractivity contribution < 1.29 is 9.84 Å². The topological polar surface area (TPSA) is 55.9 Å². The van der Waals surface area contributed by atoms with E-state index >= 15 is 0 Å². The van der Waals surface area contributed by atoms with Gasteiger partial charge in [0.05, 0.1) is 22.4 Å². The van der Waals surface area contributed by atoms with Crippen molar-refractivity contribution in [3.8, 4) is 0 Å². The van der Waals surface area contributed by atoms with Crippen LogP contribution in [0.1, 0.15) is 66.2 Å². The van der Waals surface area contributed by atoms with Gasteiger partial charge in [-0.3, -0.25) is 0 Å². The number of thiocarbonyl (C=S) groups is 1. The van der Waals surface area contributed by atoms with Crippen LogP contribution in [-0.2, 0) is 4.74 Å². The largest absolute Gasteiger partial charge is 0.660 e. The van der Waals surface area contributed by atoms with Crippen LogP contribution in [0.25, 0.3) is 5.32 Å². The van der Waals surface area contributed by atoms with Crippen LogP contribution in [0.3, 0.4) is 0 Å². The third kappa shape index (κ3) is 3.58. The van der Waals surface area contributed by atoms with Crippen molar-refractivity contribution in [1.82, 2.24) is 0 Å². The zero-order chi connectivity index (χ0) is 20.0. The number of rotatable bonds is 4. The third-order valence-corrected chi connectivity index (χ3v) is 7.97. The van der Waals surface area contributed by atoms with E-state index in [1.165, 1.54) is 0 Å². The van der Waals surface area contributed by atoms with Gasteiger partial charge in [-0.2, -0.15) is 7.05 Å². The summed E-state index contributed by atoms with van der Waals surface area (Å²) in [5, 5.41) is 18.5. The van der Waals surface area contributed by atoms with Gasteiger partial charge in [0.1, 0.15) is 0 Å². The predicted molar refractivity (Wildman–Crippen MR) is 113 cm³/mol. The van der Waals surface area contributed by atoms with E-state index in [4.69, 9.17) is 22.3 Å². The number of isothiocyanates is 1. The lowest BCUT2D eigenvalue weighted by molar-refractivity contribution is -0.142. The first-order valence-corrected chi connectivity index (χ1v) is 10.7. The Labute approximate surface area is 169 Å². The normalized spacial score (nSPS) is 49.9. The summed E-state index contributed by atoms with van der Waals surface area (Å²) in [7, 11) is 1.85. The maximum atomic E-state index is 11.1. The molecule has 8 unspecified atom stereocenters. The molecule has 152 valence electrons.